The third-order valence-corrected chi connectivity index (χ3v) is 4.65. The molecule has 0 spiro atoms. The Morgan fingerprint density at radius 1 is 1.25 bits per heavy atom. The van der Waals surface area contributed by atoms with Crippen LogP contribution in [0, 0.1) is 6.92 Å². The fraction of sp³-hybridized carbons (Fsp3) is 0.227. The lowest BCUT2D eigenvalue weighted by Gasteiger charge is -2.15. The first-order valence-electron chi connectivity index (χ1n) is 9.23. The number of hydrogen-bond acceptors (Lipinski definition) is 6. The van der Waals surface area contributed by atoms with E-state index in [1.807, 2.05) is 44.2 Å². The molecule has 4 rings (SSSR count). The van der Waals surface area contributed by atoms with E-state index in [2.05, 4.69) is 15.3 Å². The Labute approximate surface area is 162 Å². The van der Waals surface area contributed by atoms with Crippen molar-refractivity contribution in [3.63, 3.8) is 0 Å². The molecule has 6 heteroatoms. The van der Waals surface area contributed by atoms with Crippen LogP contribution in [0.3, 0.4) is 0 Å². The van der Waals surface area contributed by atoms with Crippen molar-refractivity contribution in [2.24, 2.45) is 0 Å². The van der Waals surface area contributed by atoms with Crippen LogP contribution in [0.25, 0.3) is 21.9 Å². The lowest BCUT2D eigenvalue weighted by Crippen LogP contribution is -2.06. The van der Waals surface area contributed by atoms with E-state index in [0.717, 1.165) is 23.0 Å². The molecular weight excluding hydrogens is 354 g/mol. The van der Waals surface area contributed by atoms with Gasteiger partial charge in [0.15, 0.2) is 11.4 Å². The summed E-state index contributed by atoms with van der Waals surface area (Å²) in [5, 5.41) is 5.15. The molecule has 0 radical (unpaired) electrons. The highest BCUT2D eigenvalue weighted by molar-refractivity contribution is 6.13. The molecule has 0 saturated heterocycles. The van der Waals surface area contributed by atoms with Crippen molar-refractivity contribution in [1.29, 1.82) is 0 Å². The van der Waals surface area contributed by atoms with E-state index in [1.165, 1.54) is 0 Å². The summed E-state index contributed by atoms with van der Waals surface area (Å²) < 4.78 is 11.2. The van der Waals surface area contributed by atoms with Crippen LogP contribution in [0.4, 0.5) is 11.4 Å². The first-order chi connectivity index (χ1) is 13.6. The molecule has 1 aromatic carbocycles. The summed E-state index contributed by atoms with van der Waals surface area (Å²) in [6.45, 7) is 3.89. The second-order valence-electron chi connectivity index (χ2n) is 6.64. The number of Topliss-reactive ketones (excluding diaryl/α,β-unsaturated/α-hetero) is 1. The number of aryl methyl sites for hydroxylation is 1. The summed E-state index contributed by atoms with van der Waals surface area (Å²) in [7, 11) is 1.57. The number of rotatable bonds is 6. The van der Waals surface area contributed by atoms with Crippen molar-refractivity contribution in [2.75, 3.05) is 12.4 Å². The van der Waals surface area contributed by atoms with Crippen LogP contribution in [-0.4, -0.2) is 22.9 Å². The van der Waals surface area contributed by atoms with Gasteiger partial charge in [-0.15, -0.1) is 0 Å². The van der Waals surface area contributed by atoms with Crippen molar-refractivity contribution in [1.82, 2.24) is 9.97 Å². The number of nitrogens with zero attached hydrogens (tertiary/aromatic N) is 2. The highest BCUT2D eigenvalue weighted by Gasteiger charge is 2.19. The van der Waals surface area contributed by atoms with Crippen molar-refractivity contribution >= 4 is 39.0 Å². The Balaban J connectivity index is 1.97. The minimum absolute atomic E-state index is 0.0398. The number of fused-ring (bicyclic) bond motifs is 3. The molecule has 6 nitrogen and oxygen atoms in total. The van der Waals surface area contributed by atoms with Crippen LogP contribution in [0.5, 0.6) is 5.88 Å². The molecule has 28 heavy (non-hydrogen) atoms. The number of hydrogen-bond donors (Lipinski definition) is 1. The first kappa shape index (κ1) is 18.0. The molecule has 0 aliphatic rings. The lowest BCUT2D eigenvalue weighted by molar-refractivity contribution is 0.0982. The molecule has 0 aliphatic carbocycles. The van der Waals surface area contributed by atoms with E-state index in [1.54, 1.807) is 19.5 Å². The first-order valence-corrected chi connectivity index (χ1v) is 9.23. The minimum atomic E-state index is 0.0398. The summed E-state index contributed by atoms with van der Waals surface area (Å²) in [6.07, 6.45) is 4.51. The van der Waals surface area contributed by atoms with Gasteiger partial charge in [-0.2, -0.15) is 0 Å². The SMILES string of the molecule is CCCC(=O)c1cnc2c(ccc3cc(C)oc32)c1Nc1cccnc1OC. The molecule has 0 amide bonds. The average molecular weight is 375 g/mol. The van der Waals surface area contributed by atoms with Gasteiger partial charge in [-0.1, -0.05) is 13.0 Å². The van der Waals surface area contributed by atoms with Crippen molar-refractivity contribution in [3.05, 3.63) is 54.0 Å². The van der Waals surface area contributed by atoms with Gasteiger partial charge in [0.2, 0.25) is 5.88 Å². The zero-order chi connectivity index (χ0) is 19.7. The average Bonchev–Trinajstić information content (AvgIpc) is 3.09. The van der Waals surface area contributed by atoms with E-state index in [-0.39, 0.29) is 5.78 Å². The van der Waals surface area contributed by atoms with Crippen molar-refractivity contribution in [3.8, 4) is 5.88 Å². The van der Waals surface area contributed by atoms with Gasteiger partial charge >= 0.3 is 0 Å². The Kier molecular flexibility index (Phi) is 4.69. The Morgan fingerprint density at radius 2 is 2.11 bits per heavy atom. The summed E-state index contributed by atoms with van der Waals surface area (Å²) >= 11 is 0. The smallest absolute Gasteiger partial charge is 0.237 e. The van der Waals surface area contributed by atoms with Crippen LogP contribution < -0.4 is 10.1 Å². The Morgan fingerprint density at radius 3 is 2.89 bits per heavy atom. The van der Waals surface area contributed by atoms with Gasteiger partial charge < -0.3 is 14.5 Å². The molecule has 3 aromatic heterocycles. The summed E-state index contributed by atoms with van der Waals surface area (Å²) in [5.41, 5.74) is 3.34. The minimum Gasteiger partial charge on any atom is -0.480 e. The van der Waals surface area contributed by atoms with Gasteiger partial charge in [-0.25, -0.2) is 4.98 Å². The predicted octanol–water partition coefficient (Wildman–Crippen LogP) is 5.42. The maximum absolute atomic E-state index is 12.8. The predicted molar refractivity (Wildman–Crippen MR) is 110 cm³/mol. The second kappa shape index (κ2) is 7.31. The van der Waals surface area contributed by atoms with Crippen molar-refractivity contribution < 1.29 is 13.9 Å². The molecule has 3 heterocycles. The number of aromatic nitrogens is 2. The molecule has 142 valence electrons. The number of carbonyl (C=O) groups excluding carboxylic acids is 1. The topological polar surface area (TPSA) is 77.3 Å². The summed E-state index contributed by atoms with van der Waals surface area (Å²) in [6, 6.07) is 9.60. The molecule has 1 N–H and O–H groups in total. The maximum atomic E-state index is 12.8. The van der Waals surface area contributed by atoms with E-state index in [4.69, 9.17) is 9.15 Å². The Bertz CT molecular complexity index is 1180. The van der Waals surface area contributed by atoms with Gasteiger partial charge in [-0.3, -0.25) is 9.78 Å². The third-order valence-electron chi connectivity index (χ3n) is 4.65. The standard InChI is InChI=1S/C22H21N3O3/c1-4-6-18(26)16-12-24-20-15(9-8-14-11-13(2)28-21(14)20)19(16)25-17-7-5-10-23-22(17)27-3/h5,7-12H,4,6H2,1-3H3,(H,24,25). The van der Waals surface area contributed by atoms with Gasteiger partial charge in [0.1, 0.15) is 17.0 Å². The number of benzene rings is 1. The van der Waals surface area contributed by atoms with Gasteiger partial charge in [-0.05, 0) is 37.6 Å². The number of methoxy groups -OCH3 is 1. The number of nitrogens with one attached hydrogen (secondary N) is 1. The second-order valence-corrected chi connectivity index (χ2v) is 6.64. The number of ether oxygens (including phenoxy) is 1. The zero-order valence-electron chi connectivity index (χ0n) is 16.1. The van der Waals surface area contributed by atoms with Gasteiger partial charge in [0.25, 0.3) is 0 Å². The normalized spacial score (nSPS) is 11.1. The molecule has 4 aromatic rings. The molecule has 0 aliphatic heterocycles. The molecule has 0 bridgehead atoms. The monoisotopic (exact) mass is 375 g/mol. The zero-order valence-corrected chi connectivity index (χ0v) is 16.1. The molecule has 0 fully saturated rings. The molecule has 0 unspecified atom stereocenters. The van der Waals surface area contributed by atoms with E-state index in [9.17, 15) is 4.79 Å². The number of pyridine rings is 2. The molecule has 0 saturated carbocycles. The van der Waals surface area contributed by atoms with Crippen LogP contribution in [0.1, 0.15) is 35.9 Å². The summed E-state index contributed by atoms with van der Waals surface area (Å²) in [5.74, 6) is 1.31. The number of anilines is 2. The summed E-state index contributed by atoms with van der Waals surface area (Å²) in [4.78, 5) is 21.6. The quantitative estimate of drug-likeness (QED) is 0.454. The van der Waals surface area contributed by atoms with Crippen molar-refractivity contribution in [2.45, 2.75) is 26.7 Å². The van der Waals surface area contributed by atoms with E-state index in [0.29, 0.717) is 40.3 Å². The highest BCUT2D eigenvalue weighted by Crippen LogP contribution is 2.36. The van der Waals surface area contributed by atoms with E-state index >= 15 is 0 Å². The number of ketones is 1. The molecular formula is C22H21N3O3. The number of furan rings is 1. The van der Waals surface area contributed by atoms with Gasteiger partial charge in [0, 0.05) is 29.6 Å². The third kappa shape index (κ3) is 3.07. The van der Waals surface area contributed by atoms with Crippen LogP contribution in [0.15, 0.2) is 47.1 Å². The fourth-order valence-electron chi connectivity index (χ4n) is 3.38. The Hall–Kier alpha value is -3.41. The maximum Gasteiger partial charge on any atom is 0.237 e. The fourth-order valence-corrected chi connectivity index (χ4v) is 3.38. The van der Waals surface area contributed by atoms with Crippen LogP contribution in [0.2, 0.25) is 0 Å². The van der Waals surface area contributed by atoms with Gasteiger partial charge in [0.05, 0.1) is 18.4 Å². The largest absolute Gasteiger partial charge is 0.480 e. The van der Waals surface area contributed by atoms with Crippen LogP contribution in [-0.2, 0) is 0 Å². The van der Waals surface area contributed by atoms with E-state index < -0.39 is 0 Å². The number of carbonyl (C=O) groups is 1. The highest BCUT2D eigenvalue weighted by atomic mass is 16.5. The lowest BCUT2D eigenvalue weighted by atomic mass is 10.0. The van der Waals surface area contributed by atoms with Crippen LogP contribution >= 0.6 is 0 Å². The molecule has 0 atom stereocenters.